The highest BCUT2D eigenvalue weighted by molar-refractivity contribution is 7.80. The Morgan fingerprint density at radius 3 is 2.86 bits per heavy atom. The van der Waals surface area contributed by atoms with Crippen LogP contribution in [0.4, 0.5) is 4.39 Å². The Morgan fingerprint density at radius 1 is 1.50 bits per heavy atom. The summed E-state index contributed by atoms with van der Waals surface area (Å²) in [5, 5.41) is 9.37. The highest BCUT2D eigenvalue weighted by Gasteiger charge is 2.05. The molecule has 0 spiro atoms. The summed E-state index contributed by atoms with van der Waals surface area (Å²) >= 11 is 9.53. The number of thiol groups is 1. The molecule has 0 amide bonds. The third kappa shape index (κ3) is 2.83. The van der Waals surface area contributed by atoms with Crippen molar-refractivity contribution in [3.63, 3.8) is 0 Å². The molecule has 74 valence electrons. The maximum atomic E-state index is 12.8. The van der Waals surface area contributed by atoms with Gasteiger partial charge in [-0.1, -0.05) is 23.4 Å². The van der Waals surface area contributed by atoms with E-state index in [4.69, 9.17) is 11.6 Å². The fraction of sp³-hybridized carbons (Fsp3) is 0.200. The summed E-state index contributed by atoms with van der Waals surface area (Å²) in [4.78, 5) is 0. The molecular formula is C10H8ClFOS. The van der Waals surface area contributed by atoms with Crippen LogP contribution in [0.25, 0.3) is 0 Å². The maximum Gasteiger partial charge on any atom is 0.149 e. The minimum absolute atomic E-state index is 0.0276. The topological polar surface area (TPSA) is 20.2 Å². The molecule has 1 nitrogen and oxygen atoms in total. The third-order valence-corrected chi connectivity index (χ3v) is 2.00. The predicted octanol–water partition coefficient (Wildman–Crippen LogP) is 2.86. The summed E-state index contributed by atoms with van der Waals surface area (Å²) in [6, 6.07) is 2.19. The second kappa shape index (κ2) is 5.14. The number of phenols is 1. The number of phenolic OH excluding ortho intramolecular Hbond substituents is 1. The Labute approximate surface area is 92.3 Å². The van der Waals surface area contributed by atoms with E-state index in [1.165, 1.54) is 0 Å². The summed E-state index contributed by atoms with van der Waals surface area (Å²) in [6.45, 7) is 0. The van der Waals surface area contributed by atoms with E-state index in [0.717, 1.165) is 12.1 Å². The average Bonchev–Trinajstić information content (AvgIpc) is 2.13. The van der Waals surface area contributed by atoms with Crippen LogP contribution in [0.1, 0.15) is 12.0 Å². The third-order valence-electron chi connectivity index (χ3n) is 1.49. The number of rotatable bonds is 1. The molecule has 0 unspecified atom stereocenters. The second-order valence-corrected chi connectivity index (χ2v) is 3.41. The van der Waals surface area contributed by atoms with Gasteiger partial charge in [-0.25, -0.2) is 4.39 Å². The Morgan fingerprint density at radius 2 is 2.21 bits per heavy atom. The van der Waals surface area contributed by atoms with Crippen LogP contribution in [0.5, 0.6) is 5.75 Å². The molecule has 1 aromatic rings. The highest BCUT2D eigenvalue weighted by atomic mass is 35.5. The average molecular weight is 231 g/mol. The molecule has 0 atom stereocenters. The molecule has 0 fully saturated rings. The van der Waals surface area contributed by atoms with Gasteiger partial charge in [-0.05, 0) is 12.1 Å². The van der Waals surface area contributed by atoms with Crippen molar-refractivity contribution in [3.05, 3.63) is 28.5 Å². The van der Waals surface area contributed by atoms with Crippen molar-refractivity contribution < 1.29 is 9.50 Å². The van der Waals surface area contributed by atoms with E-state index in [0.29, 0.717) is 12.2 Å². The zero-order chi connectivity index (χ0) is 10.6. The monoisotopic (exact) mass is 230 g/mol. The van der Waals surface area contributed by atoms with Crippen molar-refractivity contribution >= 4 is 24.2 Å². The highest BCUT2D eigenvalue weighted by Crippen LogP contribution is 2.27. The maximum absolute atomic E-state index is 12.8. The Balaban J connectivity index is 3.04. The molecule has 0 heterocycles. The van der Waals surface area contributed by atoms with Gasteiger partial charge < -0.3 is 5.11 Å². The SMILES string of the molecule is Oc1c(Cl)cc(F)cc1C#CCCS. The molecule has 1 N–H and O–H groups in total. The number of hydrogen-bond acceptors (Lipinski definition) is 2. The fourth-order valence-corrected chi connectivity index (χ4v) is 1.19. The van der Waals surface area contributed by atoms with Crippen molar-refractivity contribution in [3.8, 4) is 17.6 Å². The van der Waals surface area contributed by atoms with Crippen molar-refractivity contribution in [2.75, 3.05) is 5.75 Å². The zero-order valence-electron chi connectivity index (χ0n) is 7.22. The molecule has 0 saturated heterocycles. The van der Waals surface area contributed by atoms with Crippen molar-refractivity contribution in [2.45, 2.75) is 6.42 Å². The van der Waals surface area contributed by atoms with Crippen LogP contribution in [0.2, 0.25) is 5.02 Å². The van der Waals surface area contributed by atoms with Gasteiger partial charge in [-0.2, -0.15) is 12.6 Å². The molecule has 0 aliphatic rings. The summed E-state index contributed by atoms with van der Waals surface area (Å²) in [7, 11) is 0. The number of hydrogen-bond donors (Lipinski definition) is 2. The van der Waals surface area contributed by atoms with E-state index >= 15 is 0 Å². The van der Waals surface area contributed by atoms with E-state index < -0.39 is 5.82 Å². The minimum Gasteiger partial charge on any atom is -0.505 e. The molecule has 0 bridgehead atoms. The van der Waals surface area contributed by atoms with Gasteiger partial charge in [0.2, 0.25) is 0 Å². The Hall–Kier alpha value is -0.850. The molecule has 4 heteroatoms. The lowest BCUT2D eigenvalue weighted by atomic mass is 10.2. The van der Waals surface area contributed by atoms with Gasteiger partial charge in [0.25, 0.3) is 0 Å². The molecule has 0 radical (unpaired) electrons. The second-order valence-electron chi connectivity index (χ2n) is 2.56. The molecule has 0 saturated carbocycles. The molecule has 0 aliphatic heterocycles. The van der Waals surface area contributed by atoms with Crippen molar-refractivity contribution in [2.24, 2.45) is 0 Å². The predicted molar refractivity (Wildman–Crippen MR) is 58.4 cm³/mol. The van der Waals surface area contributed by atoms with Gasteiger partial charge in [-0.3, -0.25) is 0 Å². The van der Waals surface area contributed by atoms with Crippen LogP contribution >= 0.6 is 24.2 Å². The van der Waals surface area contributed by atoms with Gasteiger partial charge in [0.15, 0.2) is 0 Å². The lowest BCUT2D eigenvalue weighted by Gasteiger charge is -1.99. The van der Waals surface area contributed by atoms with E-state index in [-0.39, 0.29) is 16.3 Å². The summed E-state index contributed by atoms with van der Waals surface area (Å²) in [5.41, 5.74) is 0.205. The van der Waals surface area contributed by atoms with Gasteiger partial charge in [-0.15, -0.1) is 0 Å². The van der Waals surface area contributed by atoms with Crippen LogP contribution in [0.3, 0.4) is 0 Å². The van der Waals surface area contributed by atoms with E-state index in [1.54, 1.807) is 0 Å². The van der Waals surface area contributed by atoms with E-state index in [2.05, 4.69) is 24.5 Å². The standard InChI is InChI=1S/C10H8ClFOS/c11-9-6-8(12)5-7(10(9)13)3-1-2-4-14/h5-6,13-14H,2,4H2. The normalized spacial score (nSPS) is 9.36. The van der Waals surface area contributed by atoms with Gasteiger partial charge in [0.1, 0.15) is 11.6 Å². The molecule has 1 rings (SSSR count). The molecule has 0 aromatic heterocycles. The van der Waals surface area contributed by atoms with Crippen molar-refractivity contribution in [1.82, 2.24) is 0 Å². The minimum atomic E-state index is -0.511. The zero-order valence-corrected chi connectivity index (χ0v) is 8.87. The first kappa shape index (κ1) is 11.2. The van der Waals surface area contributed by atoms with Gasteiger partial charge in [0.05, 0.1) is 10.6 Å². The fourth-order valence-electron chi connectivity index (χ4n) is 0.875. The first-order valence-corrected chi connectivity index (χ1v) is 4.94. The van der Waals surface area contributed by atoms with Crippen LogP contribution in [-0.4, -0.2) is 10.9 Å². The molecule has 14 heavy (non-hydrogen) atoms. The summed E-state index contributed by atoms with van der Waals surface area (Å²) in [6.07, 6.45) is 0.580. The Bertz CT molecular complexity index is 395. The number of halogens is 2. The quantitative estimate of drug-likeness (QED) is 0.562. The van der Waals surface area contributed by atoms with Gasteiger partial charge >= 0.3 is 0 Å². The smallest absolute Gasteiger partial charge is 0.149 e. The first-order chi connectivity index (χ1) is 6.65. The lowest BCUT2D eigenvalue weighted by Crippen LogP contribution is -1.82. The van der Waals surface area contributed by atoms with Gasteiger partial charge in [0, 0.05) is 12.2 Å². The summed E-state index contributed by atoms with van der Waals surface area (Å²) < 4.78 is 12.8. The van der Waals surface area contributed by atoms with Crippen LogP contribution < -0.4 is 0 Å². The summed E-state index contributed by atoms with van der Waals surface area (Å²) in [5.74, 6) is 5.29. The number of aromatic hydroxyl groups is 1. The largest absolute Gasteiger partial charge is 0.505 e. The number of benzene rings is 1. The Kier molecular flexibility index (Phi) is 4.12. The van der Waals surface area contributed by atoms with Crippen LogP contribution in [0, 0.1) is 17.7 Å². The molecular weight excluding hydrogens is 223 g/mol. The van der Waals surface area contributed by atoms with Crippen LogP contribution in [-0.2, 0) is 0 Å². The molecule has 1 aromatic carbocycles. The van der Waals surface area contributed by atoms with E-state index in [9.17, 15) is 9.50 Å². The van der Waals surface area contributed by atoms with Crippen molar-refractivity contribution in [1.29, 1.82) is 0 Å². The van der Waals surface area contributed by atoms with E-state index in [1.807, 2.05) is 0 Å². The lowest BCUT2D eigenvalue weighted by molar-refractivity contribution is 0.471. The van der Waals surface area contributed by atoms with Crippen LogP contribution in [0.15, 0.2) is 12.1 Å². The first-order valence-electron chi connectivity index (χ1n) is 3.93. The molecule has 0 aliphatic carbocycles.